The number of amidine groups is 1. The van der Waals surface area contributed by atoms with Crippen LogP contribution < -0.4 is 5.32 Å². The molecule has 0 radical (unpaired) electrons. The van der Waals surface area contributed by atoms with E-state index in [-0.39, 0.29) is 30.7 Å². The van der Waals surface area contributed by atoms with Gasteiger partial charge in [-0.1, -0.05) is 47.1 Å². The molecule has 1 unspecified atom stereocenters. The topological polar surface area (TPSA) is 88.1 Å². The largest absolute Gasteiger partial charge is 0.462 e. The highest BCUT2D eigenvalue weighted by Crippen LogP contribution is 2.32. The Bertz CT molecular complexity index is 1380. The molecule has 3 aromatic rings. The number of amides is 2. The molecule has 1 N–H and O–H groups in total. The summed E-state index contributed by atoms with van der Waals surface area (Å²) in [7, 11) is 0. The van der Waals surface area contributed by atoms with E-state index in [9.17, 15) is 18.8 Å². The lowest BCUT2D eigenvalue weighted by Gasteiger charge is -2.16. The van der Waals surface area contributed by atoms with E-state index in [0.717, 1.165) is 5.56 Å². The van der Waals surface area contributed by atoms with E-state index >= 15 is 0 Å². The Hall–Kier alpha value is -3.40. The molecule has 39 heavy (non-hydrogen) atoms. The number of hydrogen-bond donors (Lipinski definition) is 1. The summed E-state index contributed by atoms with van der Waals surface area (Å²) in [6.07, 6.45) is 0.370. The highest BCUT2D eigenvalue weighted by atomic mass is 35.5. The Kier molecular flexibility index (Phi) is 9.61. The van der Waals surface area contributed by atoms with Crippen molar-refractivity contribution < 1.29 is 23.5 Å². The fourth-order valence-corrected chi connectivity index (χ4v) is 5.54. The van der Waals surface area contributed by atoms with Crippen molar-refractivity contribution in [1.29, 1.82) is 0 Å². The van der Waals surface area contributed by atoms with Crippen LogP contribution in [0.5, 0.6) is 0 Å². The number of benzene rings is 3. The van der Waals surface area contributed by atoms with Crippen LogP contribution in [-0.2, 0) is 20.7 Å². The van der Waals surface area contributed by atoms with Gasteiger partial charge < -0.3 is 10.1 Å². The molecule has 202 valence electrons. The number of nitrogens with one attached hydrogen (secondary N) is 1. The average molecular weight is 588 g/mol. The third-order valence-electron chi connectivity index (χ3n) is 5.68. The maximum absolute atomic E-state index is 13.4. The number of thioether (sulfide) groups is 1. The first-order chi connectivity index (χ1) is 18.7. The number of nitrogens with zero attached hydrogens (tertiary/aromatic N) is 2. The minimum atomic E-state index is -0.703. The lowest BCUT2D eigenvalue weighted by molar-refractivity contribution is -0.128. The Morgan fingerprint density at radius 2 is 1.72 bits per heavy atom. The molecule has 1 aliphatic heterocycles. The summed E-state index contributed by atoms with van der Waals surface area (Å²) >= 11 is 13.2. The van der Waals surface area contributed by atoms with Gasteiger partial charge in [-0.15, -0.1) is 0 Å². The average Bonchev–Trinajstić information content (AvgIpc) is 3.16. The fraction of sp³-hybridized carbons (Fsp3) is 0.214. The van der Waals surface area contributed by atoms with Crippen LogP contribution in [0.1, 0.15) is 29.3 Å². The zero-order valence-corrected chi connectivity index (χ0v) is 23.2. The Morgan fingerprint density at radius 3 is 2.36 bits per heavy atom. The summed E-state index contributed by atoms with van der Waals surface area (Å²) in [5.74, 6) is -1.41. The first-order valence-electron chi connectivity index (χ1n) is 12.1. The maximum Gasteiger partial charge on any atom is 0.338 e. The minimum absolute atomic E-state index is 0.0957. The van der Waals surface area contributed by atoms with Gasteiger partial charge in [-0.25, -0.2) is 14.2 Å². The van der Waals surface area contributed by atoms with Crippen molar-refractivity contribution in [2.45, 2.75) is 25.0 Å². The molecule has 1 heterocycles. The molecule has 0 spiro atoms. The first kappa shape index (κ1) is 28.6. The molecule has 0 saturated carbocycles. The van der Waals surface area contributed by atoms with Crippen LogP contribution >= 0.6 is 35.0 Å². The Morgan fingerprint density at radius 1 is 1.05 bits per heavy atom. The van der Waals surface area contributed by atoms with E-state index in [0.29, 0.717) is 45.1 Å². The number of hydrogen-bond acceptors (Lipinski definition) is 6. The highest BCUT2D eigenvalue weighted by Gasteiger charge is 2.39. The Labute approximate surface area is 239 Å². The van der Waals surface area contributed by atoms with E-state index in [1.54, 1.807) is 61.5 Å². The van der Waals surface area contributed by atoms with Crippen molar-refractivity contribution in [3.8, 4) is 0 Å². The number of halogens is 3. The van der Waals surface area contributed by atoms with E-state index in [2.05, 4.69) is 10.3 Å². The number of aliphatic imine (C=N–C) groups is 1. The molecule has 1 aliphatic rings. The van der Waals surface area contributed by atoms with Gasteiger partial charge in [0.1, 0.15) is 11.1 Å². The third-order valence-corrected chi connectivity index (χ3v) is 7.29. The van der Waals surface area contributed by atoms with Gasteiger partial charge in [0.2, 0.25) is 11.8 Å². The smallest absolute Gasteiger partial charge is 0.338 e. The molecular weight excluding hydrogens is 564 g/mol. The van der Waals surface area contributed by atoms with Crippen LogP contribution in [0.4, 0.5) is 15.8 Å². The van der Waals surface area contributed by atoms with Crippen molar-refractivity contribution >= 4 is 69.3 Å². The Balaban J connectivity index is 1.52. The monoisotopic (exact) mass is 587 g/mol. The molecule has 1 fully saturated rings. The van der Waals surface area contributed by atoms with Crippen molar-refractivity contribution in [2.24, 2.45) is 4.99 Å². The maximum atomic E-state index is 13.4. The van der Waals surface area contributed by atoms with Gasteiger partial charge in [0.25, 0.3) is 0 Å². The van der Waals surface area contributed by atoms with Gasteiger partial charge >= 0.3 is 5.97 Å². The van der Waals surface area contributed by atoms with Crippen LogP contribution in [0.25, 0.3) is 0 Å². The second kappa shape index (κ2) is 13.1. The molecular formula is C28H24Cl2FN3O4S. The van der Waals surface area contributed by atoms with Gasteiger partial charge in [0.15, 0.2) is 5.17 Å². The second-order valence-corrected chi connectivity index (χ2v) is 10.6. The number of carbonyl (C=O) groups is 3. The van der Waals surface area contributed by atoms with Crippen molar-refractivity contribution in [3.05, 3.63) is 93.7 Å². The van der Waals surface area contributed by atoms with Gasteiger partial charge in [-0.3, -0.25) is 14.5 Å². The van der Waals surface area contributed by atoms with Crippen LogP contribution in [0.15, 0.2) is 71.7 Å². The molecule has 0 bridgehead atoms. The van der Waals surface area contributed by atoms with Crippen molar-refractivity contribution in [1.82, 2.24) is 4.90 Å². The van der Waals surface area contributed by atoms with E-state index < -0.39 is 11.2 Å². The van der Waals surface area contributed by atoms with Crippen LogP contribution in [0.2, 0.25) is 10.0 Å². The normalized spacial score (nSPS) is 16.0. The van der Waals surface area contributed by atoms with Crippen molar-refractivity contribution in [3.63, 3.8) is 0 Å². The SMILES string of the molecule is CCOC(=O)c1ccc(N=C2SC(CC(=O)Nc3cc(Cl)cc(Cl)c3)C(=O)N2CCc2ccc(F)cc2)cc1. The number of ether oxygens (including phenoxy) is 1. The predicted octanol–water partition coefficient (Wildman–Crippen LogP) is 6.51. The van der Waals surface area contributed by atoms with E-state index in [1.807, 2.05) is 0 Å². The summed E-state index contributed by atoms with van der Waals surface area (Å²) in [4.78, 5) is 44.3. The minimum Gasteiger partial charge on any atom is -0.462 e. The quantitative estimate of drug-likeness (QED) is 0.288. The van der Waals surface area contributed by atoms with Gasteiger partial charge in [-0.05, 0) is 73.5 Å². The molecule has 0 aliphatic carbocycles. The molecule has 7 nitrogen and oxygen atoms in total. The zero-order valence-electron chi connectivity index (χ0n) is 20.8. The van der Waals surface area contributed by atoms with Gasteiger partial charge in [0.05, 0.1) is 17.9 Å². The summed E-state index contributed by atoms with van der Waals surface area (Å²) in [6.45, 7) is 2.29. The summed E-state index contributed by atoms with van der Waals surface area (Å²) < 4.78 is 18.3. The lowest BCUT2D eigenvalue weighted by atomic mass is 10.1. The van der Waals surface area contributed by atoms with Crippen molar-refractivity contribution in [2.75, 3.05) is 18.5 Å². The molecule has 2 amide bonds. The highest BCUT2D eigenvalue weighted by molar-refractivity contribution is 8.15. The standard InChI is InChI=1S/C28H24Cl2FN3O4S/c1-2-38-27(37)18-5-9-22(10-6-18)33-28-34(12-11-17-3-7-21(31)8-4-17)26(36)24(39-28)16-25(35)32-23-14-19(29)13-20(30)15-23/h3-10,13-15,24H,2,11-12,16H2,1H3,(H,32,35). The first-order valence-corrected chi connectivity index (χ1v) is 13.7. The number of rotatable bonds is 9. The summed E-state index contributed by atoms with van der Waals surface area (Å²) in [6, 6.07) is 17.3. The number of anilines is 1. The molecule has 0 aromatic heterocycles. The molecule has 3 aromatic carbocycles. The molecule has 1 saturated heterocycles. The number of esters is 1. The lowest BCUT2D eigenvalue weighted by Crippen LogP contribution is -2.35. The zero-order chi connectivity index (χ0) is 27.9. The predicted molar refractivity (Wildman–Crippen MR) is 152 cm³/mol. The van der Waals surface area contributed by atoms with E-state index in [4.69, 9.17) is 27.9 Å². The third kappa shape index (κ3) is 7.81. The van der Waals surface area contributed by atoms with E-state index in [1.165, 1.54) is 28.8 Å². The van der Waals surface area contributed by atoms with Crippen LogP contribution in [0.3, 0.4) is 0 Å². The molecule has 4 rings (SSSR count). The van der Waals surface area contributed by atoms with Gasteiger partial charge in [0, 0.05) is 28.7 Å². The second-order valence-electron chi connectivity index (χ2n) is 8.54. The van der Waals surface area contributed by atoms with Crippen LogP contribution in [0, 0.1) is 5.82 Å². The molecule has 1 atom stereocenters. The fourth-order valence-electron chi connectivity index (χ4n) is 3.83. The summed E-state index contributed by atoms with van der Waals surface area (Å²) in [5, 5.41) is 3.20. The number of carbonyl (C=O) groups excluding carboxylic acids is 3. The summed E-state index contributed by atoms with van der Waals surface area (Å²) in [5.41, 5.74) is 2.20. The molecule has 11 heteroatoms. The van der Waals surface area contributed by atoms with Crippen LogP contribution in [-0.4, -0.2) is 46.3 Å². The van der Waals surface area contributed by atoms with Gasteiger partial charge in [-0.2, -0.15) is 0 Å².